The standard InChI is InChI=1S/C16H18N4OS/c1-10-19-15-11(4-3-5-14(15)22-10)9-20(2)16(21)12-6-13(7-17)18-8-12/h6,8,11,18H,3-5,9H2,1-2H3. The summed E-state index contributed by atoms with van der Waals surface area (Å²) < 4.78 is 0. The summed E-state index contributed by atoms with van der Waals surface area (Å²) in [6.07, 6.45) is 4.93. The minimum atomic E-state index is -0.0585. The summed E-state index contributed by atoms with van der Waals surface area (Å²) in [5.41, 5.74) is 2.12. The lowest BCUT2D eigenvalue weighted by Gasteiger charge is -2.26. The van der Waals surface area contributed by atoms with Crippen molar-refractivity contribution >= 4 is 17.2 Å². The van der Waals surface area contributed by atoms with Crippen LogP contribution >= 0.6 is 11.3 Å². The van der Waals surface area contributed by atoms with E-state index >= 15 is 0 Å². The molecule has 2 aromatic rings. The molecule has 2 heterocycles. The zero-order chi connectivity index (χ0) is 15.7. The number of hydrogen-bond acceptors (Lipinski definition) is 4. The number of amides is 1. The van der Waals surface area contributed by atoms with Gasteiger partial charge in [-0.05, 0) is 32.3 Å². The van der Waals surface area contributed by atoms with Crippen molar-refractivity contribution in [2.45, 2.75) is 32.1 Å². The second kappa shape index (κ2) is 5.93. The molecule has 0 fully saturated rings. The maximum atomic E-state index is 12.4. The molecular formula is C16H18N4OS. The van der Waals surface area contributed by atoms with Gasteiger partial charge in [-0.25, -0.2) is 4.98 Å². The summed E-state index contributed by atoms with van der Waals surface area (Å²) in [6, 6.07) is 3.60. The van der Waals surface area contributed by atoms with Crippen molar-refractivity contribution in [3.63, 3.8) is 0 Å². The molecule has 22 heavy (non-hydrogen) atoms. The van der Waals surface area contributed by atoms with Gasteiger partial charge in [0.25, 0.3) is 5.91 Å². The second-order valence-electron chi connectivity index (χ2n) is 5.73. The Hall–Kier alpha value is -2.13. The molecule has 5 nitrogen and oxygen atoms in total. The number of H-pyrrole nitrogens is 1. The highest BCUT2D eigenvalue weighted by Gasteiger charge is 2.26. The first-order valence-corrected chi connectivity index (χ1v) is 8.20. The molecule has 1 amide bonds. The number of likely N-dealkylation sites (N-methyl/N-ethyl adjacent to an activating group) is 1. The van der Waals surface area contributed by atoms with Gasteiger partial charge in [0, 0.05) is 30.6 Å². The smallest absolute Gasteiger partial charge is 0.255 e. The highest BCUT2D eigenvalue weighted by Crippen LogP contribution is 2.35. The predicted octanol–water partition coefficient (Wildman–Crippen LogP) is 2.84. The molecule has 1 aliphatic carbocycles. The van der Waals surface area contributed by atoms with E-state index in [0.29, 0.717) is 23.7 Å². The summed E-state index contributed by atoms with van der Waals surface area (Å²) in [4.78, 5) is 23.0. The quantitative estimate of drug-likeness (QED) is 0.946. The third-order valence-electron chi connectivity index (χ3n) is 4.07. The first-order chi connectivity index (χ1) is 10.6. The number of nitrogens with one attached hydrogen (secondary N) is 1. The van der Waals surface area contributed by atoms with E-state index < -0.39 is 0 Å². The molecular weight excluding hydrogens is 296 g/mol. The molecule has 0 saturated carbocycles. The fraction of sp³-hybridized carbons (Fsp3) is 0.438. The van der Waals surface area contributed by atoms with Gasteiger partial charge in [-0.15, -0.1) is 11.3 Å². The van der Waals surface area contributed by atoms with Crippen LogP contribution in [0.25, 0.3) is 0 Å². The number of aromatic nitrogens is 2. The van der Waals surface area contributed by atoms with Gasteiger partial charge in [-0.1, -0.05) is 0 Å². The summed E-state index contributed by atoms with van der Waals surface area (Å²) >= 11 is 1.78. The first kappa shape index (κ1) is 14.8. The number of aromatic amines is 1. The molecule has 1 N–H and O–H groups in total. The van der Waals surface area contributed by atoms with Gasteiger partial charge < -0.3 is 9.88 Å². The number of thiazole rings is 1. The van der Waals surface area contributed by atoms with E-state index in [1.54, 1.807) is 28.5 Å². The molecule has 1 aliphatic rings. The maximum absolute atomic E-state index is 12.4. The van der Waals surface area contributed by atoms with Crippen LogP contribution in [0.5, 0.6) is 0 Å². The lowest BCUT2D eigenvalue weighted by Crippen LogP contribution is -2.32. The third kappa shape index (κ3) is 2.77. The van der Waals surface area contributed by atoms with Crippen LogP contribution in [0, 0.1) is 18.3 Å². The molecule has 0 bridgehead atoms. The van der Waals surface area contributed by atoms with Crippen molar-refractivity contribution in [3.05, 3.63) is 39.1 Å². The van der Waals surface area contributed by atoms with Crippen LogP contribution in [-0.4, -0.2) is 34.4 Å². The Morgan fingerprint density at radius 2 is 2.45 bits per heavy atom. The van der Waals surface area contributed by atoms with E-state index in [4.69, 9.17) is 5.26 Å². The minimum Gasteiger partial charge on any atom is -0.352 e. The van der Waals surface area contributed by atoms with Crippen molar-refractivity contribution in [1.82, 2.24) is 14.9 Å². The van der Waals surface area contributed by atoms with E-state index in [1.165, 1.54) is 10.6 Å². The molecule has 0 radical (unpaired) electrons. The molecule has 2 aromatic heterocycles. The fourth-order valence-electron chi connectivity index (χ4n) is 3.02. The van der Waals surface area contributed by atoms with Crippen molar-refractivity contribution in [1.29, 1.82) is 5.26 Å². The average molecular weight is 314 g/mol. The van der Waals surface area contributed by atoms with E-state index in [1.807, 2.05) is 20.0 Å². The zero-order valence-electron chi connectivity index (χ0n) is 12.7. The van der Waals surface area contributed by atoms with Crippen LogP contribution in [0.1, 0.15) is 50.4 Å². The van der Waals surface area contributed by atoms with E-state index in [0.717, 1.165) is 24.3 Å². The topological polar surface area (TPSA) is 72.8 Å². The molecule has 0 saturated heterocycles. The van der Waals surface area contributed by atoms with Gasteiger partial charge >= 0.3 is 0 Å². The highest BCUT2D eigenvalue weighted by atomic mass is 32.1. The lowest BCUT2D eigenvalue weighted by atomic mass is 9.90. The van der Waals surface area contributed by atoms with Crippen molar-refractivity contribution in [2.24, 2.45) is 0 Å². The van der Waals surface area contributed by atoms with Crippen molar-refractivity contribution in [2.75, 3.05) is 13.6 Å². The van der Waals surface area contributed by atoms with Crippen LogP contribution in [0.15, 0.2) is 12.3 Å². The van der Waals surface area contributed by atoms with Crippen molar-refractivity contribution in [3.8, 4) is 6.07 Å². The number of carbonyl (C=O) groups is 1. The van der Waals surface area contributed by atoms with Gasteiger partial charge in [0.15, 0.2) is 0 Å². The molecule has 0 aromatic carbocycles. The molecule has 6 heteroatoms. The first-order valence-electron chi connectivity index (χ1n) is 7.38. The number of aryl methyl sites for hydroxylation is 2. The Morgan fingerprint density at radius 3 is 3.18 bits per heavy atom. The lowest BCUT2D eigenvalue weighted by molar-refractivity contribution is 0.0783. The zero-order valence-corrected chi connectivity index (χ0v) is 13.5. The van der Waals surface area contributed by atoms with Gasteiger partial charge in [-0.2, -0.15) is 5.26 Å². The average Bonchev–Trinajstić information content (AvgIpc) is 3.12. The second-order valence-corrected chi connectivity index (χ2v) is 7.02. The van der Waals surface area contributed by atoms with Gasteiger partial charge in [0.05, 0.1) is 16.3 Å². The minimum absolute atomic E-state index is 0.0585. The van der Waals surface area contributed by atoms with Crippen molar-refractivity contribution < 1.29 is 4.79 Å². The largest absolute Gasteiger partial charge is 0.352 e. The Bertz CT molecular complexity index is 740. The normalized spacial score (nSPS) is 16.9. The monoisotopic (exact) mass is 314 g/mol. The Balaban J connectivity index is 1.73. The Morgan fingerprint density at radius 1 is 1.64 bits per heavy atom. The molecule has 3 rings (SSSR count). The van der Waals surface area contributed by atoms with E-state index in [9.17, 15) is 4.79 Å². The van der Waals surface area contributed by atoms with Crippen LogP contribution in [0.2, 0.25) is 0 Å². The summed E-state index contributed by atoms with van der Waals surface area (Å²) in [6.45, 7) is 2.71. The van der Waals surface area contributed by atoms with E-state index in [-0.39, 0.29) is 5.91 Å². The van der Waals surface area contributed by atoms with Gasteiger partial charge in [0.2, 0.25) is 0 Å². The Kier molecular flexibility index (Phi) is 3.99. The van der Waals surface area contributed by atoms with Crippen LogP contribution in [-0.2, 0) is 6.42 Å². The summed E-state index contributed by atoms with van der Waals surface area (Å²) in [7, 11) is 1.81. The summed E-state index contributed by atoms with van der Waals surface area (Å²) in [5.74, 6) is 0.258. The highest BCUT2D eigenvalue weighted by molar-refractivity contribution is 7.11. The number of hydrogen-bond donors (Lipinski definition) is 1. The van der Waals surface area contributed by atoms with E-state index in [2.05, 4.69) is 9.97 Å². The van der Waals surface area contributed by atoms with Crippen LogP contribution in [0.3, 0.4) is 0 Å². The Labute approximate surface area is 133 Å². The number of fused-ring (bicyclic) bond motifs is 1. The molecule has 0 aliphatic heterocycles. The molecule has 114 valence electrons. The molecule has 1 unspecified atom stereocenters. The maximum Gasteiger partial charge on any atom is 0.255 e. The number of carbonyl (C=O) groups excluding carboxylic acids is 1. The molecule has 0 spiro atoms. The summed E-state index contributed by atoms with van der Waals surface area (Å²) in [5, 5.41) is 9.94. The SMILES string of the molecule is Cc1nc2c(s1)CCCC2CN(C)C(=O)c1c[nH]c(C#N)c1. The third-order valence-corrected chi connectivity index (χ3v) is 5.12. The molecule has 1 atom stereocenters. The van der Waals surface area contributed by atoms with Crippen LogP contribution in [0.4, 0.5) is 0 Å². The number of rotatable bonds is 3. The fourth-order valence-corrected chi connectivity index (χ4v) is 4.09. The van der Waals surface area contributed by atoms with Gasteiger partial charge in [-0.3, -0.25) is 4.79 Å². The van der Waals surface area contributed by atoms with Gasteiger partial charge in [0.1, 0.15) is 11.8 Å². The van der Waals surface area contributed by atoms with Crippen LogP contribution < -0.4 is 0 Å². The predicted molar refractivity (Wildman–Crippen MR) is 85.0 cm³/mol. The number of nitriles is 1. The number of nitrogens with zero attached hydrogens (tertiary/aromatic N) is 3.